The monoisotopic (exact) mass is 507 g/mol. The maximum atomic E-state index is 11.6. The van der Waals surface area contributed by atoms with Crippen LogP contribution in [0, 0.1) is 11.8 Å². The molecule has 0 saturated carbocycles. The molecule has 3 rings (SSSR count). The summed E-state index contributed by atoms with van der Waals surface area (Å²) in [6, 6.07) is 10.2. The van der Waals surface area contributed by atoms with Gasteiger partial charge in [0.2, 0.25) is 0 Å². The van der Waals surface area contributed by atoms with Crippen LogP contribution in [0.1, 0.15) is 18.4 Å². The molecule has 2 aliphatic heterocycles. The van der Waals surface area contributed by atoms with Gasteiger partial charge in [0.25, 0.3) is 0 Å². The summed E-state index contributed by atoms with van der Waals surface area (Å²) in [5, 5.41) is 3.36. The number of rotatable bonds is 6. The fourth-order valence-electron chi connectivity index (χ4n) is 3.68. The minimum absolute atomic E-state index is 0. The van der Waals surface area contributed by atoms with Gasteiger partial charge in [0.05, 0.1) is 24.7 Å². The highest BCUT2D eigenvalue weighted by Gasteiger charge is 2.29. The van der Waals surface area contributed by atoms with E-state index >= 15 is 0 Å². The van der Waals surface area contributed by atoms with Gasteiger partial charge in [0, 0.05) is 32.6 Å². The fraction of sp³-hybridized carbons (Fsp3) is 0.632. The van der Waals surface area contributed by atoms with Crippen molar-refractivity contribution in [2.75, 3.05) is 44.8 Å². The molecule has 0 aromatic heterocycles. The molecule has 6 nitrogen and oxygen atoms in total. The van der Waals surface area contributed by atoms with Crippen LogP contribution in [0.4, 0.5) is 0 Å². The van der Waals surface area contributed by atoms with E-state index in [2.05, 4.69) is 27.3 Å². The Balaban J connectivity index is 0.00000261. The number of nitrogens with one attached hydrogen (secondary N) is 1. The molecule has 152 valence electrons. The number of likely N-dealkylation sites (tertiary alicyclic amines) is 1. The second kappa shape index (κ2) is 10.6. The second-order valence-corrected chi connectivity index (χ2v) is 9.53. The molecule has 2 aliphatic rings. The van der Waals surface area contributed by atoms with Gasteiger partial charge < -0.3 is 15.0 Å². The first-order chi connectivity index (χ1) is 12.6. The third-order valence-corrected chi connectivity index (χ3v) is 6.97. The molecule has 1 N–H and O–H groups in total. The molecule has 0 aliphatic carbocycles. The van der Waals surface area contributed by atoms with Gasteiger partial charge in [-0.25, -0.2) is 8.42 Å². The van der Waals surface area contributed by atoms with Gasteiger partial charge in [0.1, 0.15) is 0 Å². The Morgan fingerprint density at radius 1 is 1.26 bits per heavy atom. The Morgan fingerprint density at radius 2 is 2.04 bits per heavy atom. The van der Waals surface area contributed by atoms with Crippen molar-refractivity contribution in [1.29, 1.82) is 0 Å². The van der Waals surface area contributed by atoms with E-state index in [9.17, 15) is 8.42 Å². The van der Waals surface area contributed by atoms with Crippen molar-refractivity contribution in [3.63, 3.8) is 0 Å². The van der Waals surface area contributed by atoms with Crippen LogP contribution in [0.5, 0.6) is 0 Å². The molecule has 8 heteroatoms. The lowest BCUT2D eigenvalue weighted by molar-refractivity contribution is 0.0906. The standard InChI is InChI=1S/C19H29N3O3S.HI/c1-20-19(21-11-17-8-10-26(23,24)15-17)22-9-7-18(12-22)14-25-13-16-5-3-2-4-6-16;/h2-6,17-18H,7-15H2,1H3,(H,20,21);1H. The van der Waals surface area contributed by atoms with Gasteiger partial charge >= 0.3 is 0 Å². The molecule has 0 radical (unpaired) electrons. The first kappa shape index (κ1) is 22.4. The van der Waals surface area contributed by atoms with E-state index in [1.54, 1.807) is 7.05 Å². The Hall–Kier alpha value is -0.870. The number of hydrogen-bond donors (Lipinski definition) is 1. The van der Waals surface area contributed by atoms with E-state index < -0.39 is 9.84 Å². The number of guanidine groups is 1. The van der Waals surface area contributed by atoms with E-state index in [4.69, 9.17) is 4.74 Å². The Morgan fingerprint density at radius 3 is 2.70 bits per heavy atom. The number of halogens is 1. The fourth-order valence-corrected chi connectivity index (χ4v) is 5.54. The highest BCUT2D eigenvalue weighted by molar-refractivity contribution is 14.0. The average Bonchev–Trinajstić information content (AvgIpc) is 3.23. The van der Waals surface area contributed by atoms with Crippen LogP contribution >= 0.6 is 24.0 Å². The van der Waals surface area contributed by atoms with Crippen LogP contribution in [0.3, 0.4) is 0 Å². The smallest absolute Gasteiger partial charge is 0.193 e. The van der Waals surface area contributed by atoms with Crippen molar-refractivity contribution in [2.24, 2.45) is 16.8 Å². The SMILES string of the molecule is CN=C(NCC1CCS(=O)(=O)C1)N1CCC(COCc2ccccc2)C1.I. The van der Waals surface area contributed by atoms with E-state index in [1.807, 2.05) is 18.2 Å². The van der Waals surface area contributed by atoms with Crippen molar-refractivity contribution < 1.29 is 13.2 Å². The quantitative estimate of drug-likeness (QED) is 0.363. The highest BCUT2D eigenvalue weighted by Crippen LogP contribution is 2.19. The topological polar surface area (TPSA) is 71.0 Å². The molecular formula is C19H30IN3O3S. The first-order valence-electron chi connectivity index (χ1n) is 9.33. The van der Waals surface area contributed by atoms with E-state index in [-0.39, 0.29) is 29.9 Å². The summed E-state index contributed by atoms with van der Waals surface area (Å²) in [7, 11) is -1.04. The average molecular weight is 507 g/mol. The molecule has 27 heavy (non-hydrogen) atoms. The zero-order valence-corrected chi connectivity index (χ0v) is 19.0. The van der Waals surface area contributed by atoms with Crippen LogP contribution in [-0.4, -0.2) is 64.1 Å². The number of ether oxygens (including phenoxy) is 1. The van der Waals surface area contributed by atoms with Gasteiger partial charge in [-0.2, -0.15) is 0 Å². The van der Waals surface area contributed by atoms with E-state index in [1.165, 1.54) is 5.56 Å². The van der Waals surface area contributed by atoms with Crippen molar-refractivity contribution in [2.45, 2.75) is 19.4 Å². The van der Waals surface area contributed by atoms with Crippen LogP contribution in [0.15, 0.2) is 35.3 Å². The summed E-state index contributed by atoms with van der Waals surface area (Å²) in [6.07, 6.45) is 1.84. The van der Waals surface area contributed by atoms with Crippen LogP contribution in [0.2, 0.25) is 0 Å². The van der Waals surface area contributed by atoms with Crippen molar-refractivity contribution >= 4 is 39.8 Å². The summed E-state index contributed by atoms with van der Waals surface area (Å²) in [6.45, 7) is 3.97. The number of hydrogen-bond acceptors (Lipinski definition) is 4. The molecule has 0 spiro atoms. The Kier molecular flexibility index (Phi) is 8.81. The van der Waals surface area contributed by atoms with Gasteiger partial charge in [-0.05, 0) is 24.3 Å². The lowest BCUT2D eigenvalue weighted by Crippen LogP contribution is -2.42. The van der Waals surface area contributed by atoms with E-state index in [0.717, 1.165) is 38.5 Å². The van der Waals surface area contributed by atoms with Crippen molar-refractivity contribution in [3.05, 3.63) is 35.9 Å². The molecular weight excluding hydrogens is 477 g/mol. The molecule has 2 fully saturated rings. The van der Waals surface area contributed by atoms with Crippen LogP contribution in [-0.2, 0) is 21.2 Å². The maximum absolute atomic E-state index is 11.6. The second-order valence-electron chi connectivity index (χ2n) is 7.30. The molecule has 1 aromatic rings. The van der Waals surface area contributed by atoms with Crippen LogP contribution in [0.25, 0.3) is 0 Å². The van der Waals surface area contributed by atoms with Crippen LogP contribution < -0.4 is 5.32 Å². The summed E-state index contributed by atoms with van der Waals surface area (Å²) >= 11 is 0. The van der Waals surface area contributed by atoms with Gasteiger partial charge in [-0.1, -0.05) is 30.3 Å². The molecule has 1 aromatic carbocycles. The molecule has 0 bridgehead atoms. The van der Waals surface area contributed by atoms with Gasteiger partial charge in [0.15, 0.2) is 15.8 Å². The minimum Gasteiger partial charge on any atom is -0.376 e. The normalized spacial score (nSPS) is 24.6. The number of aliphatic imine (C=N–C) groups is 1. The number of benzene rings is 1. The molecule has 2 unspecified atom stereocenters. The zero-order chi connectivity index (χ0) is 18.4. The predicted octanol–water partition coefficient (Wildman–Crippen LogP) is 2.15. The van der Waals surface area contributed by atoms with Crippen molar-refractivity contribution in [3.8, 4) is 0 Å². The summed E-state index contributed by atoms with van der Waals surface area (Å²) in [5.74, 6) is 2.20. The molecule has 2 atom stereocenters. The summed E-state index contributed by atoms with van der Waals surface area (Å²) in [4.78, 5) is 6.62. The van der Waals surface area contributed by atoms with Gasteiger partial charge in [-0.15, -0.1) is 24.0 Å². The van der Waals surface area contributed by atoms with E-state index in [0.29, 0.717) is 30.6 Å². The van der Waals surface area contributed by atoms with Gasteiger partial charge in [-0.3, -0.25) is 4.99 Å². The Bertz CT molecular complexity index is 712. The van der Waals surface area contributed by atoms with Crippen molar-refractivity contribution in [1.82, 2.24) is 10.2 Å². The third-order valence-electron chi connectivity index (χ3n) is 5.14. The number of nitrogens with zero attached hydrogens (tertiary/aromatic N) is 2. The minimum atomic E-state index is -2.82. The largest absolute Gasteiger partial charge is 0.376 e. The zero-order valence-electron chi connectivity index (χ0n) is 15.8. The molecule has 2 saturated heterocycles. The predicted molar refractivity (Wildman–Crippen MR) is 119 cm³/mol. The highest BCUT2D eigenvalue weighted by atomic mass is 127. The molecule has 0 amide bonds. The maximum Gasteiger partial charge on any atom is 0.193 e. The number of sulfone groups is 1. The summed E-state index contributed by atoms with van der Waals surface area (Å²) < 4.78 is 29.0. The lowest BCUT2D eigenvalue weighted by Gasteiger charge is -2.23. The first-order valence-corrected chi connectivity index (χ1v) is 11.2. The lowest BCUT2D eigenvalue weighted by atomic mass is 10.1. The Labute approximate surface area is 179 Å². The third kappa shape index (κ3) is 6.90. The molecule has 2 heterocycles. The summed E-state index contributed by atoms with van der Waals surface area (Å²) in [5.41, 5.74) is 1.20.